The van der Waals surface area contributed by atoms with Crippen LogP contribution in [0, 0.1) is 11.3 Å². The van der Waals surface area contributed by atoms with E-state index in [-0.39, 0.29) is 0 Å². The first-order valence-corrected chi connectivity index (χ1v) is 8.68. The number of benzene rings is 1. The lowest BCUT2D eigenvalue weighted by molar-refractivity contribution is 0.0739. The summed E-state index contributed by atoms with van der Waals surface area (Å²) in [6.07, 6.45) is 8.39. The third-order valence-electron chi connectivity index (χ3n) is 6.41. The molecule has 1 unspecified atom stereocenters. The van der Waals surface area contributed by atoms with Crippen molar-refractivity contribution in [2.45, 2.75) is 78.1 Å². The smallest absolute Gasteiger partial charge is 0.0126 e. The molecule has 110 valence electrons. The largest absolute Gasteiger partial charge is 0.0649 e. The summed E-state index contributed by atoms with van der Waals surface area (Å²) in [5, 5.41) is 0. The maximum Gasteiger partial charge on any atom is -0.0126 e. The minimum Gasteiger partial charge on any atom is -0.0649 e. The van der Waals surface area contributed by atoms with Crippen molar-refractivity contribution in [3.8, 4) is 0 Å². The maximum atomic E-state index is 2.55. The van der Waals surface area contributed by atoms with Crippen molar-refractivity contribution < 1.29 is 0 Å². The van der Waals surface area contributed by atoms with Crippen LogP contribution in [0.1, 0.15) is 88.3 Å². The summed E-state index contributed by atoms with van der Waals surface area (Å²) >= 11 is 0. The lowest BCUT2D eigenvalue weighted by atomic mass is 9.56. The van der Waals surface area contributed by atoms with Gasteiger partial charge >= 0.3 is 0 Å². The minimum absolute atomic E-state index is 0.595. The fourth-order valence-electron chi connectivity index (χ4n) is 4.83. The predicted molar refractivity (Wildman–Crippen MR) is 87.3 cm³/mol. The van der Waals surface area contributed by atoms with Gasteiger partial charge in [-0.3, -0.25) is 0 Å². The normalized spacial score (nSPS) is 32.9. The Kier molecular flexibility index (Phi) is 3.69. The Bertz CT molecular complexity index is 485. The summed E-state index contributed by atoms with van der Waals surface area (Å²) in [5.41, 5.74) is 5.48. The standard InChI is InChI=1S/C20H30/c1-5-20(4)12-6-7-18-17-10-8-15(14(2)3)13-16(17)9-11-19(18)20/h8,10,13-14,18-19H,5-7,9,11-12H2,1-4H3/t18?,19-,20-/m1/s1. The van der Waals surface area contributed by atoms with Crippen molar-refractivity contribution in [1.29, 1.82) is 0 Å². The summed E-state index contributed by atoms with van der Waals surface area (Å²) in [7, 11) is 0. The van der Waals surface area contributed by atoms with Gasteiger partial charge in [-0.2, -0.15) is 0 Å². The zero-order valence-corrected chi connectivity index (χ0v) is 13.7. The van der Waals surface area contributed by atoms with Gasteiger partial charge in [0, 0.05) is 0 Å². The molecule has 0 saturated heterocycles. The van der Waals surface area contributed by atoms with Gasteiger partial charge in [-0.15, -0.1) is 0 Å². The first kappa shape index (κ1) is 14.2. The molecule has 0 aromatic heterocycles. The van der Waals surface area contributed by atoms with E-state index in [0.717, 1.165) is 11.8 Å². The highest BCUT2D eigenvalue weighted by Gasteiger charge is 2.43. The van der Waals surface area contributed by atoms with Gasteiger partial charge in [-0.05, 0) is 65.5 Å². The molecule has 0 bridgehead atoms. The van der Waals surface area contributed by atoms with Gasteiger partial charge in [-0.1, -0.05) is 58.7 Å². The molecule has 0 amide bonds. The Morgan fingerprint density at radius 2 is 2.05 bits per heavy atom. The summed E-state index contributed by atoms with van der Waals surface area (Å²) in [4.78, 5) is 0. The summed E-state index contributed by atoms with van der Waals surface area (Å²) in [6, 6.07) is 7.38. The van der Waals surface area contributed by atoms with Gasteiger partial charge in [0.05, 0.1) is 0 Å². The molecule has 20 heavy (non-hydrogen) atoms. The van der Waals surface area contributed by atoms with Crippen molar-refractivity contribution in [2.75, 3.05) is 0 Å². The Labute approximate surface area is 125 Å². The molecule has 0 aliphatic heterocycles. The van der Waals surface area contributed by atoms with Gasteiger partial charge in [0.25, 0.3) is 0 Å². The molecule has 0 heterocycles. The lowest BCUT2D eigenvalue weighted by Crippen LogP contribution is -2.38. The fraction of sp³-hybridized carbons (Fsp3) is 0.700. The zero-order valence-electron chi connectivity index (χ0n) is 13.7. The second-order valence-corrected chi connectivity index (χ2v) is 7.76. The van der Waals surface area contributed by atoms with Crippen LogP contribution in [-0.2, 0) is 6.42 Å². The van der Waals surface area contributed by atoms with Crippen molar-refractivity contribution in [2.24, 2.45) is 11.3 Å². The van der Waals surface area contributed by atoms with Crippen LogP contribution < -0.4 is 0 Å². The Morgan fingerprint density at radius 1 is 1.25 bits per heavy atom. The molecule has 1 aromatic carbocycles. The number of rotatable bonds is 2. The number of fused-ring (bicyclic) bond motifs is 3. The lowest BCUT2D eigenvalue weighted by Gasteiger charge is -2.49. The molecule has 1 saturated carbocycles. The van der Waals surface area contributed by atoms with E-state index in [9.17, 15) is 0 Å². The first-order chi connectivity index (χ1) is 9.55. The van der Waals surface area contributed by atoms with Gasteiger partial charge in [0.2, 0.25) is 0 Å². The average molecular weight is 270 g/mol. The minimum atomic E-state index is 0.595. The van der Waals surface area contributed by atoms with E-state index < -0.39 is 0 Å². The van der Waals surface area contributed by atoms with E-state index >= 15 is 0 Å². The van der Waals surface area contributed by atoms with Crippen molar-refractivity contribution >= 4 is 0 Å². The Balaban J connectivity index is 1.96. The Hall–Kier alpha value is -0.780. The molecule has 3 atom stereocenters. The van der Waals surface area contributed by atoms with Crippen molar-refractivity contribution in [3.05, 3.63) is 34.9 Å². The topological polar surface area (TPSA) is 0 Å². The average Bonchev–Trinajstić information content (AvgIpc) is 2.46. The maximum absolute atomic E-state index is 2.55. The summed E-state index contributed by atoms with van der Waals surface area (Å²) in [6.45, 7) is 9.57. The summed E-state index contributed by atoms with van der Waals surface area (Å²) < 4.78 is 0. The van der Waals surface area contributed by atoms with E-state index in [0.29, 0.717) is 11.3 Å². The Morgan fingerprint density at radius 3 is 2.75 bits per heavy atom. The molecule has 2 aliphatic rings. The van der Waals surface area contributed by atoms with E-state index in [1.807, 2.05) is 0 Å². The summed E-state index contributed by atoms with van der Waals surface area (Å²) in [5.74, 6) is 2.43. The molecule has 1 fully saturated rings. The second kappa shape index (κ2) is 5.20. The molecule has 0 spiro atoms. The van der Waals surface area contributed by atoms with Gasteiger partial charge < -0.3 is 0 Å². The van der Waals surface area contributed by atoms with Crippen molar-refractivity contribution in [1.82, 2.24) is 0 Å². The van der Waals surface area contributed by atoms with Crippen LogP contribution in [0.25, 0.3) is 0 Å². The van der Waals surface area contributed by atoms with E-state index in [4.69, 9.17) is 0 Å². The number of hydrogen-bond donors (Lipinski definition) is 0. The van der Waals surface area contributed by atoms with Crippen LogP contribution in [0.15, 0.2) is 18.2 Å². The highest BCUT2D eigenvalue weighted by atomic mass is 14.5. The first-order valence-electron chi connectivity index (χ1n) is 8.68. The molecule has 2 aliphatic carbocycles. The van der Waals surface area contributed by atoms with Gasteiger partial charge in [0.1, 0.15) is 0 Å². The SMILES string of the molecule is CC[C@]1(C)CCCC2c3ccc(C(C)C)cc3CC[C@H]21. The van der Waals surface area contributed by atoms with Crippen LogP contribution in [0.3, 0.4) is 0 Å². The number of hydrogen-bond acceptors (Lipinski definition) is 0. The van der Waals surface area contributed by atoms with Crippen molar-refractivity contribution in [3.63, 3.8) is 0 Å². The van der Waals surface area contributed by atoms with Crippen LogP contribution in [0.5, 0.6) is 0 Å². The van der Waals surface area contributed by atoms with E-state index in [1.165, 1.54) is 44.1 Å². The quantitative estimate of drug-likeness (QED) is 0.613. The molecule has 3 rings (SSSR count). The second-order valence-electron chi connectivity index (χ2n) is 7.76. The molecular weight excluding hydrogens is 240 g/mol. The van der Waals surface area contributed by atoms with E-state index in [1.54, 1.807) is 11.1 Å². The number of aryl methyl sites for hydroxylation is 1. The molecule has 1 aromatic rings. The van der Waals surface area contributed by atoms with E-state index in [2.05, 4.69) is 45.9 Å². The third-order valence-corrected chi connectivity index (χ3v) is 6.41. The molecule has 0 N–H and O–H groups in total. The van der Waals surface area contributed by atoms with Crippen LogP contribution in [0.4, 0.5) is 0 Å². The molecule has 0 heteroatoms. The van der Waals surface area contributed by atoms with Crippen LogP contribution >= 0.6 is 0 Å². The zero-order chi connectivity index (χ0) is 14.3. The highest BCUT2D eigenvalue weighted by Crippen LogP contribution is 2.55. The van der Waals surface area contributed by atoms with Gasteiger partial charge in [-0.25, -0.2) is 0 Å². The molecule has 0 nitrogen and oxygen atoms in total. The molecule has 0 radical (unpaired) electrons. The molecular formula is C20H30. The van der Waals surface area contributed by atoms with Crippen LogP contribution in [0.2, 0.25) is 0 Å². The fourth-order valence-corrected chi connectivity index (χ4v) is 4.83. The predicted octanol–water partition coefficient (Wildman–Crippen LogP) is 6.06. The van der Waals surface area contributed by atoms with Gasteiger partial charge in [0.15, 0.2) is 0 Å². The monoisotopic (exact) mass is 270 g/mol. The van der Waals surface area contributed by atoms with Crippen LogP contribution in [-0.4, -0.2) is 0 Å². The third kappa shape index (κ3) is 2.22. The highest BCUT2D eigenvalue weighted by molar-refractivity contribution is 5.39.